The normalized spacial score (nSPS) is 11.7. The van der Waals surface area contributed by atoms with E-state index in [0.717, 1.165) is 33.5 Å². The lowest BCUT2D eigenvalue weighted by molar-refractivity contribution is 0.414. The number of aryl methyl sites for hydroxylation is 1. The zero-order valence-electron chi connectivity index (χ0n) is 15.7. The summed E-state index contributed by atoms with van der Waals surface area (Å²) in [6, 6.07) is 7.08. The van der Waals surface area contributed by atoms with Gasteiger partial charge in [-0.15, -0.1) is 0 Å². The Hall–Kier alpha value is -3.25. The van der Waals surface area contributed by atoms with Gasteiger partial charge in [-0.05, 0) is 30.2 Å². The van der Waals surface area contributed by atoms with E-state index in [9.17, 15) is 17.6 Å². The van der Waals surface area contributed by atoms with Crippen LogP contribution >= 0.6 is 11.5 Å². The molecule has 0 fully saturated rings. The van der Waals surface area contributed by atoms with Crippen LogP contribution in [0.5, 0.6) is 5.75 Å². The summed E-state index contributed by atoms with van der Waals surface area (Å²) in [5.41, 5.74) is 1.44. The number of hydrogen-bond acceptors (Lipinski definition) is 8. The van der Waals surface area contributed by atoms with Crippen molar-refractivity contribution >= 4 is 37.8 Å². The first kappa shape index (κ1) is 20.0. The zero-order chi connectivity index (χ0) is 21.5. The molecular weight excluding hydrogens is 435 g/mol. The van der Waals surface area contributed by atoms with Gasteiger partial charge < -0.3 is 9.15 Å². The highest BCUT2D eigenvalue weighted by atomic mass is 32.2. The highest BCUT2D eigenvalue weighted by molar-refractivity contribution is 7.93. The lowest BCUT2D eigenvalue weighted by atomic mass is 10.1. The number of benzene rings is 2. The maximum atomic E-state index is 14.7. The quantitative estimate of drug-likeness (QED) is 0.480. The van der Waals surface area contributed by atoms with Crippen LogP contribution in [0.4, 0.5) is 9.52 Å². The van der Waals surface area contributed by atoms with Crippen LogP contribution in [0.3, 0.4) is 0 Å². The van der Waals surface area contributed by atoms with Gasteiger partial charge >= 0.3 is 5.76 Å². The van der Waals surface area contributed by atoms with Crippen molar-refractivity contribution in [2.45, 2.75) is 18.4 Å². The van der Waals surface area contributed by atoms with Crippen LogP contribution < -0.4 is 14.8 Å². The number of halogens is 1. The van der Waals surface area contributed by atoms with Gasteiger partial charge in [-0.25, -0.2) is 26.9 Å². The number of rotatable bonds is 6. The topological polar surface area (TPSA) is 118 Å². The monoisotopic (exact) mass is 450 g/mol. The maximum absolute atomic E-state index is 14.7. The molecule has 2 aromatic heterocycles. The van der Waals surface area contributed by atoms with E-state index < -0.39 is 26.5 Å². The van der Waals surface area contributed by atoms with E-state index in [1.54, 1.807) is 18.2 Å². The van der Waals surface area contributed by atoms with E-state index in [0.29, 0.717) is 11.3 Å². The second-order valence-electron chi connectivity index (χ2n) is 6.32. The van der Waals surface area contributed by atoms with E-state index in [-0.39, 0.29) is 22.8 Å². The smallest absolute Gasteiger partial charge is 0.417 e. The summed E-state index contributed by atoms with van der Waals surface area (Å²) in [4.78, 5) is 17.0. The molecule has 0 aliphatic carbocycles. The predicted molar refractivity (Wildman–Crippen MR) is 108 cm³/mol. The van der Waals surface area contributed by atoms with Crippen LogP contribution in [-0.2, 0) is 16.6 Å². The number of ether oxygens (including phenoxy) is 1. The molecule has 4 rings (SSSR count). The molecule has 9 nitrogen and oxygen atoms in total. The van der Waals surface area contributed by atoms with Crippen molar-refractivity contribution in [2.24, 2.45) is 0 Å². The highest BCUT2D eigenvalue weighted by Gasteiger charge is 2.31. The minimum absolute atomic E-state index is 0.0601. The Bertz CT molecular complexity index is 1380. The van der Waals surface area contributed by atoms with E-state index in [1.165, 1.54) is 13.4 Å². The Labute approximate surface area is 174 Å². The molecule has 0 saturated heterocycles. The van der Waals surface area contributed by atoms with Gasteiger partial charge in [0.2, 0.25) is 5.13 Å². The van der Waals surface area contributed by atoms with Gasteiger partial charge in [0.1, 0.15) is 22.8 Å². The van der Waals surface area contributed by atoms with Gasteiger partial charge in [-0.3, -0.25) is 4.98 Å². The van der Waals surface area contributed by atoms with E-state index >= 15 is 0 Å². The fourth-order valence-electron chi connectivity index (χ4n) is 2.93. The molecule has 0 saturated carbocycles. The number of methoxy groups -OCH3 is 1. The molecule has 0 amide bonds. The molecule has 0 aliphatic rings. The maximum Gasteiger partial charge on any atom is 0.417 e. The first-order chi connectivity index (χ1) is 14.3. The second-order valence-corrected chi connectivity index (χ2v) is 8.91. The van der Waals surface area contributed by atoms with Crippen molar-refractivity contribution in [1.82, 2.24) is 14.3 Å². The van der Waals surface area contributed by atoms with Crippen LogP contribution in [-0.4, -0.2) is 29.9 Å². The number of fused-ring (bicyclic) bond motifs is 1. The third-order valence-corrected chi connectivity index (χ3v) is 7.02. The van der Waals surface area contributed by atoms with Crippen molar-refractivity contribution in [3.63, 3.8) is 0 Å². The van der Waals surface area contributed by atoms with Crippen molar-refractivity contribution < 1.29 is 22.0 Å². The molecule has 0 radical (unpaired) electrons. The molecule has 2 heterocycles. The lowest BCUT2D eigenvalue weighted by Gasteiger charge is -2.22. The second kappa shape index (κ2) is 7.54. The molecule has 4 aromatic rings. The molecule has 0 aliphatic heterocycles. The highest BCUT2D eigenvalue weighted by Crippen LogP contribution is 2.31. The number of aromatic nitrogens is 3. The largest absolute Gasteiger partial charge is 0.497 e. The van der Waals surface area contributed by atoms with Gasteiger partial charge in [0.25, 0.3) is 10.0 Å². The molecule has 0 unspecified atom stereocenters. The molecule has 30 heavy (non-hydrogen) atoms. The first-order valence-electron chi connectivity index (χ1n) is 8.55. The Morgan fingerprint density at radius 3 is 2.77 bits per heavy atom. The number of oxazole rings is 1. The minimum Gasteiger partial charge on any atom is -0.497 e. The standard InChI is InChI=1S/C18H15FN4O5S2/c1-10-5-12(27-2)4-3-11(10)8-23(17-20-9-21-29-17)30(25,26)16-7-15-14(6-13(16)19)22-18(24)28-15/h3-7,9H,8H2,1-2H3,(H,22,24). The van der Waals surface area contributed by atoms with E-state index in [1.807, 2.05) is 6.92 Å². The van der Waals surface area contributed by atoms with Crippen molar-refractivity contribution in [2.75, 3.05) is 11.4 Å². The summed E-state index contributed by atoms with van der Waals surface area (Å²) >= 11 is 0.858. The third kappa shape index (κ3) is 3.55. The number of hydrogen-bond donors (Lipinski definition) is 1. The predicted octanol–water partition coefficient (Wildman–Crippen LogP) is 2.82. The molecule has 0 atom stereocenters. The molecule has 1 N–H and O–H groups in total. The van der Waals surface area contributed by atoms with Crippen molar-refractivity contribution in [3.05, 3.63) is 64.2 Å². The molecule has 2 aromatic carbocycles. The van der Waals surface area contributed by atoms with E-state index in [2.05, 4.69) is 14.3 Å². The van der Waals surface area contributed by atoms with Crippen molar-refractivity contribution in [1.29, 1.82) is 0 Å². The zero-order valence-corrected chi connectivity index (χ0v) is 17.4. The Morgan fingerprint density at radius 2 is 2.10 bits per heavy atom. The average molecular weight is 450 g/mol. The molecular formula is C18H15FN4O5S2. The number of nitrogens with zero attached hydrogens (tertiary/aromatic N) is 3. The summed E-state index contributed by atoms with van der Waals surface area (Å²) < 4.78 is 56.5. The Balaban J connectivity index is 1.83. The summed E-state index contributed by atoms with van der Waals surface area (Å²) in [5, 5.41) is 0.0697. The molecule has 0 spiro atoms. The van der Waals surface area contributed by atoms with Gasteiger partial charge in [-0.1, -0.05) is 6.07 Å². The van der Waals surface area contributed by atoms with Crippen LogP contribution in [0.1, 0.15) is 11.1 Å². The molecule has 156 valence electrons. The SMILES string of the molecule is COc1ccc(CN(c2ncns2)S(=O)(=O)c2cc3oc(=O)[nH]c3cc2F)c(C)c1. The lowest BCUT2D eigenvalue weighted by Crippen LogP contribution is -2.31. The van der Waals surface area contributed by atoms with Gasteiger partial charge in [-0.2, -0.15) is 4.37 Å². The number of anilines is 1. The van der Waals surface area contributed by atoms with Gasteiger partial charge in [0.05, 0.1) is 19.2 Å². The first-order valence-corrected chi connectivity index (χ1v) is 10.8. The summed E-state index contributed by atoms with van der Waals surface area (Å²) in [6.07, 6.45) is 1.22. The van der Waals surface area contributed by atoms with E-state index in [4.69, 9.17) is 9.15 Å². The van der Waals surface area contributed by atoms with Crippen LogP contribution in [0, 0.1) is 12.7 Å². The fourth-order valence-corrected chi connectivity index (χ4v) is 5.12. The summed E-state index contributed by atoms with van der Waals surface area (Å²) in [7, 11) is -2.88. The number of aromatic amines is 1. The van der Waals surface area contributed by atoms with Crippen LogP contribution in [0.25, 0.3) is 11.1 Å². The van der Waals surface area contributed by atoms with Crippen molar-refractivity contribution in [3.8, 4) is 5.75 Å². The number of sulfonamides is 1. The third-order valence-electron chi connectivity index (χ3n) is 4.47. The average Bonchev–Trinajstić information content (AvgIpc) is 3.34. The van der Waals surface area contributed by atoms with Crippen LogP contribution in [0.2, 0.25) is 0 Å². The summed E-state index contributed by atoms with van der Waals surface area (Å²) in [5.74, 6) is -1.21. The summed E-state index contributed by atoms with van der Waals surface area (Å²) in [6.45, 7) is 1.70. The van der Waals surface area contributed by atoms with Gasteiger partial charge in [0.15, 0.2) is 5.58 Å². The Kier molecular flexibility index (Phi) is 5.03. The van der Waals surface area contributed by atoms with Crippen LogP contribution in [0.15, 0.2) is 50.8 Å². The Morgan fingerprint density at radius 1 is 1.30 bits per heavy atom. The molecule has 12 heteroatoms. The fraction of sp³-hybridized carbons (Fsp3) is 0.167. The minimum atomic E-state index is -4.41. The van der Waals surface area contributed by atoms with Gasteiger partial charge in [0, 0.05) is 23.7 Å². The number of nitrogens with one attached hydrogen (secondary N) is 1. The molecule has 0 bridgehead atoms. The number of H-pyrrole nitrogens is 1.